The Morgan fingerprint density at radius 1 is 1.07 bits per heavy atom. The van der Waals surface area contributed by atoms with E-state index in [9.17, 15) is 19.6 Å². The van der Waals surface area contributed by atoms with E-state index in [1.54, 1.807) is 30.5 Å². The average Bonchev–Trinajstić information content (AvgIpc) is 2.69. The number of amides is 1. The lowest BCUT2D eigenvalue weighted by Gasteiger charge is -2.35. The Morgan fingerprint density at radius 3 is 2.30 bits per heavy atom. The predicted molar refractivity (Wildman–Crippen MR) is 101 cm³/mol. The molecule has 1 fully saturated rings. The van der Waals surface area contributed by atoms with Gasteiger partial charge in [0.1, 0.15) is 23.2 Å². The maximum Gasteiger partial charge on any atom is 0.267 e. The summed E-state index contributed by atoms with van der Waals surface area (Å²) in [6.07, 6.45) is 1.57. The summed E-state index contributed by atoms with van der Waals surface area (Å²) in [6.45, 7) is 2.71. The lowest BCUT2D eigenvalue weighted by molar-refractivity contribution is -0.112. The minimum absolute atomic E-state index is 0.0123. The highest BCUT2D eigenvalue weighted by atomic mass is 19.1. The number of carbonyl (C=O) groups is 1. The van der Waals surface area contributed by atoms with Crippen LogP contribution < -0.4 is 10.2 Å². The van der Waals surface area contributed by atoms with Crippen LogP contribution in [0.3, 0.4) is 0 Å². The van der Waals surface area contributed by atoms with Crippen molar-refractivity contribution in [1.82, 2.24) is 4.90 Å². The summed E-state index contributed by atoms with van der Waals surface area (Å²) in [6, 6.07) is 14.3. The van der Waals surface area contributed by atoms with Crippen LogP contribution in [0.4, 0.5) is 15.8 Å². The third-order valence-corrected chi connectivity index (χ3v) is 4.31. The quantitative estimate of drug-likeness (QED) is 0.494. The molecule has 6 nitrogen and oxygen atoms in total. The highest BCUT2D eigenvalue weighted by Crippen LogP contribution is 2.18. The molecular weight excluding hydrogens is 347 g/mol. The van der Waals surface area contributed by atoms with Gasteiger partial charge in [0.15, 0.2) is 0 Å². The van der Waals surface area contributed by atoms with E-state index in [0.29, 0.717) is 31.9 Å². The van der Waals surface area contributed by atoms with Crippen molar-refractivity contribution in [2.45, 2.75) is 0 Å². The van der Waals surface area contributed by atoms with Crippen LogP contribution in [0.5, 0.6) is 5.75 Å². The summed E-state index contributed by atoms with van der Waals surface area (Å²) in [5.41, 5.74) is 1.46. The predicted octanol–water partition coefficient (Wildman–Crippen LogP) is 2.70. The first-order valence-electron chi connectivity index (χ1n) is 8.52. The van der Waals surface area contributed by atoms with Gasteiger partial charge in [-0.2, -0.15) is 5.26 Å². The monoisotopic (exact) mass is 366 g/mol. The van der Waals surface area contributed by atoms with E-state index < -0.39 is 5.91 Å². The molecule has 2 aromatic rings. The molecule has 0 radical (unpaired) electrons. The molecule has 2 aromatic carbocycles. The first kappa shape index (κ1) is 18.3. The number of carbonyl (C=O) groups excluding carboxylic acids is 1. The molecule has 0 atom stereocenters. The molecule has 0 bridgehead atoms. The number of piperazine rings is 1. The fourth-order valence-corrected chi connectivity index (χ4v) is 2.83. The molecule has 1 heterocycles. The number of nitriles is 1. The summed E-state index contributed by atoms with van der Waals surface area (Å²) in [7, 11) is 0. The van der Waals surface area contributed by atoms with Gasteiger partial charge in [0.25, 0.3) is 5.91 Å². The number of phenolic OH excluding ortho intramolecular Hbond substituents is 1. The van der Waals surface area contributed by atoms with Crippen molar-refractivity contribution < 1.29 is 14.3 Å². The molecule has 0 aliphatic carbocycles. The smallest absolute Gasteiger partial charge is 0.267 e. The summed E-state index contributed by atoms with van der Waals surface area (Å²) in [5.74, 6) is -0.661. The molecule has 1 amide bonds. The molecule has 0 aromatic heterocycles. The van der Waals surface area contributed by atoms with Gasteiger partial charge in [-0.3, -0.25) is 4.79 Å². The number of phenols is 1. The number of aromatic hydroxyl groups is 1. The molecule has 1 aliphatic rings. The fraction of sp³-hybridized carbons (Fsp3) is 0.200. The molecule has 2 N–H and O–H groups in total. The Bertz CT molecular complexity index is 864. The zero-order valence-corrected chi connectivity index (χ0v) is 14.6. The molecular formula is C20H19FN4O2. The van der Waals surface area contributed by atoms with E-state index in [2.05, 4.69) is 10.2 Å². The van der Waals surface area contributed by atoms with Crippen LogP contribution in [-0.4, -0.2) is 42.1 Å². The maximum absolute atomic E-state index is 13.0. The Balaban J connectivity index is 1.59. The molecule has 7 heteroatoms. The lowest BCUT2D eigenvalue weighted by Crippen LogP contribution is -2.44. The van der Waals surface area contributed by atoms with E-state index in [-0.39, 0.29) is 17.1 Å². The van der Waals surface area contributed by atoms with Gasteiger partial charge < -0.3 is 20.2 Å². The van der Waals surface area contributed by atoms with Gasteiger partial charge in [-0.25, -0.2) is 4.39 Å². The van der Waals surface area contributed by atoms with Crippen LogP contribution in [0.15, 0.2) is 60.3 Å². The van der Waals surface area contributed by atoms with Gasteiger partial charge in [-0.15, -0.1) is 0 Å². The number of nitrogens with one attached hydrogen (secondary N) is 1. The van der Waals surface area contributed by atoms with E-state index >= 15 is 0 Å². The number of halogens is 1. The van der Waals surface area contributed by atoms with Gasteiger partial charge in [-0.1, -0.05) is 0 Å². The van der Waals surface area contributed by atoms with Crippen LogP contribution >= 0.6 is 0 Å². The van der Waals surface area contributed by atoms with Crippen molar-refractivity contribution in [2.75, 3.05) is 36.4 Å². The summed E-state index contributed by atoms with van der Waals surface area (Å²) in [5, 5.41) is 21.2. The van der Waals surface area contributed by atoms with Crippen LogP contribution in [-0.2, 0) is 4.79 Å². The molecule has 1 aliphatic heterocycles. The van der Waals surface area contributed by atoms with E-state index in [1.807, 2.05) is 11.0 Å². The first-order valence-corrected chi connectivity index (χ1v) is 8.52. The molecule has 3 rings (SSSR count). The van der Waals surface area contributed by atoms with Gasteiger partial charge in [0.05, 0.1) is 0 Å². The standard InChI is InChI=1S/C20H19FN4O2/c21-16-1-5-18(6-2-16)25-11-9-24(10-12-25)14-15(13-22)20(27)23-17-3-7-19(26)8-4-17/h1-8,14,26H,9-12H2,(H,23,27)/b15-14-. The van der Waals surface area contributed by atoms with Gasteiger partial charge >= 0.3 is 0 Å². The number of hydrogen-bond donors (Lipinski definition) is 2. The van der Waals surface area contributed by atoms with Crippen molar-refractivity contribution in [2.24, 2.45) is 0 Å². The van der Waals surface area contributed by atoms with Crippen molar-refractivity contribution in [3.05, 3.63) is 66.1 Å². The fourth-order valence-electron chi connectivity index (χ4n) is 2.83. The zero-order chi connectivity index (χ0) is 19.2. The highest BCUT2D eigenvalue weighted by Gasteiger charge is 2.18. The topological polar surface area (TPSA) is 79.6 Å². The second-order valence-corrected chi connectivity index (χ2v) is 6.16. The average molecular weight is 366 g/mol. The number of rotatable bonds is 4. The molecule has 0 spiro atoms. The lowest BCUT2D eigenvalue weighted by atomic mass is 10.2. The summed E-state index contributed by atoms with van der Waals surface area (Å²) >= 11 is 0. The Hall–Kier alpha value is -3.53. The first-order chi connectivity index (χ1) is 13.0. The minimum Gasteiger partial charge on any atom is -0.508 e. The number of nitrogens with zero attached hydrogens (tertiary/aromatic N) is 3. The largest absolute Gasteiger partial charge is 0.508 e. The van der Waals surface area contributed by atoms with Gasteiger partial charge in [-0.05, 0) is 48.5 Å². The molecule has 0 saturated carbocycles. The van der Waals surface area contributed by atoms with Gasteiger partial charge in [0.2, 0.25) is 0 Å². The van der Waals surface area contributed by atoms with Gasteiger partial charge in [0, 0.05) is 43.8 Å². The summed E-state index contributed by atoms with van der Waals surface area (Å²) < 4.78 is 13.0. The van der Waals surface area contributed by atoms with Crippen molar-refractivity contribution in [3.63, 3.8) is 0 Å². The number of benzene rings is 2. The second-order valence-electron chi connectivity index (χ2n) is 6.16. The molecule has 1 saturated heterocycles. The van der Waals surface area contributed by atoms with E-state index in [4.69, 9.17) is 0 Å². The van der Waals surface area contributed by atoms with E-state index in [1.165, 1.54) is 24.3 Å². The third-order valence-electron chi connectivity index (χ3n) is 4.31. The van der Waals surface area contributed by atoms with Crippen LogP contribution in [0, 0.1) is 17.1 Å². The van der Waals surface area contributed by atoms with Crippen LogP contribution in [0.2, 0.25) is 0 Å². The Morgan fingerprint density at radius 2 is 1.70 bits per heavy atom. The minimum atomic E-state index is -0.496. The summed E-state index contributed by atoms with van der Waals surface area (Å²) in [4.78, 5) is 16.3. The van der Waals surface area contributed by atoms with E-state index in [0.717, 1.165) is 5.69 Å². The highest BCUT2D eigenvalue weighted by molar-refractivity contribution is 6.06. The van der Waals surface area contributed by atoms with Crippen molar-refractivity contribution in [3.8, 4) is 11.8 Å². The third kappa shape index (κ3) is 4.76. The van der Waals surface area contributed by atoms with Crippen LogP contribution in [0.1, 0.15) is 0 Å². The number of anilines is 2. The zero-order valence-electron chi connectivity index (χ0n) is 14.6. The van der Waals surface area contributed by atoms with Crippen LogP contribution in [0.25, 0.3) is 0 Å². The van der Waals surface area contributed by atoms with Crippen molar-refractivity contribution >= 4 is 17.3 Å². The number of hydrogen-bond acceptors (Lipinski definition) is 5. The molecule has 0 unspecified atom stereocenters. The normalized spacial score (nSPS) is 14.6. The Labute approximate surface area is 156 Å². The maximum atomic E-state index is 13.0. The molecule has 27 heavy (non-hydrogen) atoms. The second kappa shape index (κ2) is 8.23. The molecule has 138 valence electrons. The van der Waals surface area contributed by atoms with Crippen molar-refractivity contribution in [1.29, 1.82) is 5.26 Å². The Kier molecular flexibility index (Phi) is 5.57. The SMILES string of the molecule is N#C/C(=C/N1CCN(c2ccc(F)cc2)CC1)C(=O)Nc1ccc(O)cc1.